The number of carbonyl (C=O) groups excluding carboxylic acids is 1. The lowest BCUT2D eigenvalue weighted by molar-refractivity contribution is -0.138. The molecule has 39 heavy (non-hydrogen) atoms. The standard InChI is InChI=1S/C27H26F3N7O2/c28-27(29,30)24-23(39-20-6-2-1-3-7-20)9-8-21(25(24)36-13-4-5-18(15-31)17-36)34-26(38)22-11-14-37(35-22)19-10-12-32-33-16-19/h1-3,6-12,14,16,18H,4-5,13,15,17,31H2,(H,34,38)/t18-/m0/s1. The zero-order chi connectivity index (χ0) is 27.4. The lowest BCUT2D eigenvalue weighted by Crippen LogP contribution is -2.40. The molecule has 3 heterocycles. The highest BCUT2D eigenvalue weighted by atomic mass is 19.4. The molecule has 2 aromatic heterocycles. The molecule has 1 amide bonds. The normalized spacial score (nSPS) is 15.7. The average molecular weight is 538 g/mol. The molecular formula is C27H26F3N7O2. The monoisotopic (exact) mass is 537 g/mol. The van der Waals surface area contributed by atoms with E-state index >= 15 is 0 Å². The van der Waals surface area contributed by atoms with Crippen molar-refractivity contribution in [3.8, 4) is 17.2 Å². The van der Waals surface area contributed by atoms with Crippen molar-refractivity contribution < 1.29 is 22.7 Å². The number of para-hydroxylation sites is 1. The van der Waals surface area contributed by atoms with Crippen molar-refractivity contribution in [3.05, 3.63) is 84.4 Å². The molecule has 1 fully saturated rings. The molecule has 202 valence electrons. The van der Waals surface area contributed by atoms with Crippen molar-refractivity contribution >= 4 is 17.3 Å². The van der Waals surface area contributed by atoms with Gasteiger partial charge in [-0.25, -0.2) is 4.68 Å². The van der Waals surface area contributed by atoms with Crippen LogP contribution >= 0.6 is 0 Å². The number of amides is 1. The minimum absolute atomic E-state index is 0.00513. The van der Waals surface area contributed by atoms with Gasteiger partial charge >= 0.3 is 6.18 Å². The molecule has 3 N–H and O–H groups in total. The van der Waals surface area contributed by atoms with Crippen LogP contribution in [0.3, 0.4) is 0 Å². The number of benzene rings is 2. The number of aromatic nitrogens is 4. The van der Waals surface area contributed by atoms with E-state index in [9.17, 15) is 18.0 Å². The van der Waals surface area contributed by atoms with Gasteiger partial charge in [-0.2, -0.15) is 28.5 Å². The fraction of sp³-hybridized carbons (Fsp3) is 0.259. The van der Waals surface area contributed by atoms with Gasteiger partial charge in [0.1, 0.15) is 17.1 Å². The minimum atomic E-state index is -4.77. The number of hydrogen-bond acceptors (Lipinski definition) is 7. The molecule has 0 bridgehead atoms. The Labute approximate surface area is 222 Å². The van der Waals surface area contributed by atoms with E-state index in [2.05, 4.69) is 20.6 Å². The molecule has 0 saturated carbocycles. The maximum Gasteiger partial charge on any atom is 0.422 e. The molecule has 0 spiro atoms. The second-order valence-corrected chi connectivity index (χ2v) is 9.14. The Morgan fingerprint density at radius 3 is 2.64 bits per heavy atom. The summed E-state index contributed by atoms with van der Waals surface area (Å²) in [5.41, 5.74) is 5.37. The number of carbonyl (C=O) groups is 1. The summed E-state index contributed by atoms with van der Waals surface area (Å²) in [6.45, 7) is 1.04. The largest absolute Gasteiger partial charge is 0.457 e. The summed E-state index contributed by atoms with van der Waals surface area (Å²) < 4.78 is 51.3. The zero-order valence-corrected chi connectivity index (χ0v) is 20.8. The van der Waals surface area contributed by atoms with Crippen LogP contribution in [0.25, 0.3) is 5.69 Å². The van der Waals surface area contributed by atoms with Gasteiger partial charge in [0.25, 0.3) is 5.91 Å². The van der Waals surface area contributed by atoms with E-state index in [-0.39, 0.29) is 34.5 Å². The fourth-order valence-corrected chi connectivity index (χ4v) is 4.63. The number of anilines is 2. The summed E-state index contributed by atoms with van der Waals surface area (Å²) in [5.74, 6) is -0.729. The van der Waals surface area contributed by atoms with Crippen LogP contribution in [-0.4, -0.2) is 45.5 Å². The molecule has 2 aromatic carbocycles. The molecule has 5 rings (SSSR count). The maximum atomic E-state index is 14.7. The Morgan fingerprint density at radius 2 is 1.92 bits per heavy atom. The molecule has 1 aliphatic rings. The van der Waals surface area contributed by atoms with Gasteiger partial charge in [-0.15, -0.1) is 0 Å². The van der Waals surface area contributed by atoms with E-state index < -0.39 is 17.6 Å². The quantitative estimate of drug-likeness (QED) is 0.345. The summed E-state index contributed by atoms with van der Waals surface area (Å²) in [6.07, 6.45) is 1.22. The summed E-state index contributed by atoms with van der Waals surface area (Å²) in [4.78, 5) is 14.8. The molecule has 1 saturated heterocycles. The Balaban J connectivity index is 1.55. The van der Waals surface area contributed by atoms with Gasteiger partial charge in [-0.1, -0.05) is 18.2 Å². The summed E-state index contributed by atoms with van der Waals surface area (Å²) in [5, 5.41) is 14.4. The van der Waals surface area contributed by atoms with Crippen LogP contribution in [-0.2, 0) is 6.18 Å². The third-order valence-electron chi connectivity index (χ3n) is 6.47. The topological polar surface area (TPSA) is 111 Å². The molecule has 0 radical (unpaired) electrons. The number of halogens is 3. The van der Waals surface area contributed by atoms with E-state index in [1.54, 1.807) is 47.5 Å². The van der Waals surface area contributed by atoms with Gasteiger partial charge in [0, 0.05) is 19.3 Å². The van der Waals surface area contributed by atoms with Crippen molar-refractivity contribution in [1.29, 1.82) is 0 Å². The highest BCUT2D eigenvalue weighted by Gasteiger charge is 2.41. The van der Waals surface area contributed by atoms with Crippen LogP contribution in [0.1, 0.15) is 28.9 Å². The Bertz CT molecular complexity index is 1430. The Morgan fingerprint density at radius 1 is 1.10 bits per heavy atom. The van der Waals surface area contributed by atoms with Crippen LogP contribution in [0, 0.1) is 5.92 Å². The van der Waals surface area contributed by atoms with Crippen molar-refractivity contribution in [1.82, 2.24) is 20.0 Å². The van der Waals surface area contributed by atoms with Gasteiger partial charge in [-0.3, -0.25) is 4.79 Å². The lowest BCUT2D eigenvalue weighted by Gasteiger charge is -2.37. The van der Waals surface area contributed by atoms with E-state index in [1.165, 1.54) is 35.3 Å². The van der Waals surface area contributed by atoms with Crippen LogP contribution in [0.5, 0.6) is 11.5 Å². The second kappa shape index (κ2) is 11.1. The molecule has 4 aromatic rings. The predicted octanol–water partition coefficient (Wildman–Crippen LogP) is 4.90. The summed E-state index contributed by atoms with van der Waals surface area (Å²) >= 11 is 0. The third-order valence-corrected chi connectivity index (χ3v) is 6.47. The number of hydrogen-bond donors (Lipinski definition) is 2. The highest BCUT2D eigenvalue weighted by molar-refractivity contribution is 6.05. The third kappa shape index (κ3) is 5.85. The number of nitrogens with zero attached hydrogens (tertiary/aromatic N) is 5. The first-order chi connectivity index (χ1) is 18.8. The first kappa shape index (κ1) is 26.2. The van der Waals surface area contributed by atoms with Crippen LogP contribution in [0.15, 0.2) is 73.2 Å². The molecule has 0 aliphatic carbocycles. The molecule has 9 nitrogen and oxygen atoms in total. The molecule has 0 unspecified atom stereocenters. The summed E-state index contributed by atoms with van der Waals surface area (Å²) in [6, 6.07) is 14.0. The second-order valence-electron chi connectivity index (χ2n) is 9.14. The SMILES string of the molecule is NC[C@@H]1CCCN(c2c(NC(=O)c3ccn(-c4ccnnc4)n3)ccc(Oc3ccccc3)c2C(F)(F)F)C1. The molecule has 12 heteroatoms. The first-order valence-electron chi connectivity index (χ1n) is 12.4. The molecule has 1 aliphatic heterocycles. The van der Waals surface area contributed by atoms with E-state index in [1.807, 2.05) is 0 Å². The van der Waals surface area contributed by atoms with Crippen molar-refractivity contribution in [2.24, 2.45) is 11.7 Å². The van der Waals surface area contributed by atoms with Gasteiger partial charge in [0.05, 0.1) is 29.5 Å². The number of nitrogens with one attached hydrogen (secondary N) is 1. The molecule has 1 atom stereocenters. The van der Waals surface area contributed by atoms with Gasteiger partial charge in [0.2, 0.25) is 0 Å². The Kier molecular flexibility index (Phi) is 7.46. The van der Waals surface area contributed by atoms with E-state index in [0.29, 0.717) is 31.7 Å². The molecular weight excluding hydrogens is 511 g/mol. The van der Waals surface area contributed by atoms with E-state index in [0.717, 1.165) is 6.42 Å². The van der Waals surface area contributed by atoms with Crippen molar-refractivity contribution in [3.63, 3.8) is 0 Å². The van der Waals surface area contributed by atoms with Gasteiger partial charge in [0.15, 0.2) is 5.69 Å². The Hall–Kier alpha value is -4.45. The van der Waals surface area contributed by atoms with Gasteiger partial charge < -0.3 is 20.7 Å². The van der Waals surface area contributed by atoms with Gasteiger partial charge in [-0.05, 0) is 61.7 Å². The van der Waals surface area contributed by atoms with Crippen LogP contribution < -0.4 is 20.7 Å². The van der Waals surface area contributed by atoms with Crippen molar-refractivity contribution in [2.45, 2.75) is 19.0 Å². The average Bonchev–Trinajstić information content (AvgIpc) is 3.45. The smallest absolute Gasteiger partial charge is 0.422 e. The highest BCUT2D eigenvalue weighted by Crippen LogP contribution is 2.48. The number of nitrogens with two attached hydrogens (primary N) is 1. The first-order valence-corrected chi connectivity index (χ1v) is 12.4. The summed E-state index contributed by atoms with van der Waals surface area (Å²) in [7, 11) is 0. The van der Waals surface area contributed by atoms with E-state index in [4.69, 9.17) is 10.5 Å². The number of rotatable bonds is 7. The number of ether oxygens (including phenoxy) is 1. The number of piperidine rings is 1. The predicted molar refractivity (Wildman–Crippen MR) is 139 cm³/mol. The zero-order valence-electron chi connectivity index (χ0n) is 20.8. The van der Waals surface area contributed by atoms with Crippen molar-refractivity contribution in [2.75, 3.05) is 29.9 Å². The number of alkyl halides is 3. The van der Waals surface area contributed by atoms with Crippen LogP contribution in [0.4, 0.5) is 24.5 Å². The maximum absolute atomic E-state index is 14.7. The van der Waals surface area contributed by atoms with Crippen LogP contribution in [0.2, 0.25) is 0 Å². The lowest BCUT2D eigenvalue weighted by atomic mass is 9.96. The fourth-order valence-electron chi connectivity index (χ4n) is 4.63. The minimum Gasteiger partial charge on any atom is -0.457 e.